The molecular weight excluding hydrogens is 402 g/mol. The second kappa shape index (κ2) is 7.80. The lowest BCUT2D eigenvalue weighted by molar-refractivity contribution is -0.124. The highest BCUT2D eigenvalue weighted by Crippen LogP contribution is 2.31. The van der Waals surface area contributed by atoms with Crippen LogP contribution in [-0.4, -0.2) is 45.9 Å². The summed E-state index contributed by atoms with van der Waals surface area (Å²) in [6.07, 6.45) is 2.38. The summed E-state index contributed by atoms with van der Waals surface area (Å²) in [5.74, 6) is 1.66. The number of carbonyl (C=O) groups is 2. The number of aromatic nitrogens is 1. The first kappa shape index (κ1) is 18.6. The van der Waals surface area contributed by atoms with Gasteiger partial charge in [0.25, 0.3) is 5.91 Å². The number of para-hydroxylation sites is 1. The van der Waals surface area contributed by atoms with E-state index in [4.69, 9.17) is 4.98 Å². The van der Waals surface area contributed by atoms with Crippen LogP contribution in [0.3, 0.4) is 0 Å². The average molecular weight is 424 g/mol. The van der Waals surface area contributed by atoms with Crippen molar-refractivity contribution in [2.24, 2.45) is 5.92 Å². The first-order valence-electron chi connectivity index (χ1n) is 9.81. The molecule has 0 spiro atoms. The van der Waals surface area contributed by atoms with Gasteiger partial charge in [0, 0.05) is 17.7 Å². The Hall–Kier alpha value is -2.38. The van der Waals surface area contributed by atoms with E-state index in [0.717, 1.165) is 28.0 Å². The first-order valence-corrected chi connectivity index (χ1v) is 11.8. The molecule has 0 radical (unpaired) electrons. The molecule has 2 fully saturated rings. The van der Waals surface area contributed by atoms with Gasteiger partial charge in [-0.05, 0) is 42.3 Å². The van der Waals surface area contributed by atoms with Crippen LogP contribution in [0, 0.1) is 5.92 Å². The van der Waals surface area contributed by atoms with Crippen LogP contribution in [0.1, 0.15) is 23.2 Å². The van der Waals surface area contributed by atoms with Gasteiger partial charge in [0.15, 0.2) is 0 Å². The summed E-state index contributed by atoms with van der Waals surface area (Å²) in [4.78, 5) is 33.8. The van der Waals surface area contributed by atoms with E-state index in [1.807, 2.05) is 47.8 Å². The number of hydrogen-bond acceptors (Lipinski definition) is 5. The van der Waals surface area contributed by atoms with Crippen molar-refractivity contribution < 1.29 is 9.59 Å². The van der Waals surface area contributed by atoms with E-state index in [0.29, 0.717) is 23.1 Å². The summed E-state index contributed by atoms with van der Waals surface area (Å²) in [5.41, 5.74) is 2.20. The van der Waals surface area contributed by atoms with Gasteiger partial charge in [0.05, 0.1) is 27.5 Å². The molecule has 0 bridgehead atoms. The molecule has 2 aliphatic rings. The lowest BCUT2D eigenvalue weighted by Crippen LogP contribution is -2.47. The predicted octanol–water partition coefficient (Wildman–Crippen LogP) is 4.00. The molecule has 1 atom stereocenters. The Kier molecular flexibility index (Phi) is 5.01. The maximum absolute atomic E-state index is 13.6. The number of thiophene rings is 1. The fourth-order valence-corrected chi connectivity index (χ4v) is 5.44. The minimum atomic E-state index is -0.414. The zero-order chi connectivity index (χ0) is 19.8. The van der Waals surface area contributed by atoms with Crippen molar-refractivity contribution >= 4 is 45.8 Å². The second-order valence-corrected chi connectivity index (χ2v) is 9.48. The summed E-state index contributed by atoms with van der Waals surface area (Å²) in [5, 5.41) is 5.87. The fourth-order valence-electron chi connectivity index (χ4n) is 3.60. The molecule has 1 aliphatic carbocycles. The van der Waals surface area contributed by atoms with Gasteiger partial charge in [-0.2, -0.15) is 0 Å². The van der Waals surface area contributed by atoms with Crippen LogP contribution in [0.15, 0.2) is 47.8 Å². The molecule has 2 aromatic heterocycles. The van der Waals surface area contributed by atoms with Gasteiger partial charge >= 0.3 is 0 Å². The smallest absolute Gasteiger partial charge is 0.256 e. The standard InChI is InChI=1S/C22H21N3O2S2/c26-21(23-11-14-7-8-14)19-12-28-13-25(19)22(27)16-10-18(20-6-3-9-29-20)24-17-5-2-1-4-15(16)17/h1-6,9-10,14,19H,7-8,11-13H2,(H,23,26). The summed E-state index contributed by atoms with van der Waals surface area (Å²) in [6.45, 7) is 0.725. The summed E-state index contributed by atoms with van der Waals surface area (Å²) in [7, 11) is 0. The van der Waals surface area contributed by atoms with Gasteiger partial charge in [-0.15, -0.1) is 23.1 Å². The number of amides is 2. The van der Waals surface area contributed by atoms with Gasteiger partial charge in [0.2, 0.25) is 5.91 Å². The van der Waals surface area contributed by atoms with E-state index in [9.17, 15) is 9.59 Å². The zero-order valence-electron chi connectivity index (χ0n) is 15.8. The SMILES string of the molecule is O=C(NCC1CC1)C1CSCN1C(=O)c1cc(-c2cccs2)nc2ccccc12. The zero-order valence-corrected chi connectivity index (χ0v) is 17.5. The van der Waals surface area contributed by atoms with Crippen LogP contribution in [0.2, 0.25) is 0 Å². The maximum Gasteiger partial charge on any atom is 0.256 e. The molecule has 1 saturated heterocycles. The Bertz CT molecular complexity index is 1060. The van der Waals surface area contributed by atoms with Crippen LogP contribution in [0.25, 0.3) is 21.5 Å². The van der Waals surface area contributed by atoms with Crippen LogP contribution in [-0.2, 0) is 4.79 Å². The van der Waals surface area contributed by atoms with Crippen molar-refractivity contribution in [3.05, 3.63) is 53.4 Å². The molecule has 1 unspecified atom stereocenters. The number of nitrogens with one attached hydrogen (secondary N) is 1. The van der Waals surface area contributed by atoms with E-state index in [-0.39, 0.29) is 11.8 Å². The molecule has 1 N–H and O–H groups in total. The van der Waals surface area contributed by atoms with E-state index in [1.165, 1.54) is 12.8 Å². The van der Waals surface area contributed by atoms with E-state index >= 15 is 0 Å². The monoisotopic (exact) mass is 423 g/mol. The molecule has 1 aromatic carbocycles. The van der Waals surface area contributed by atoms with Crippen LogP contribution >= 0.6 is 23.1 Å². The number of thioether (sulfide) groups is 1. The number of benzene rings is 1. The Morgan fingerprint density at radius 3 is 2.83 bits per heavy atom. The van der Waals surface area contributed by atoms with Crippen molar-refractivity contribution in [1.29, 1.82) is 0 Å². The van der Waals surface area contributed by atoms with Gasteiger partial charge in [0.1, 0.15) is 6.04 Å². The molecule has 7 heteroatoms. The Morgan fingerprint density at radius 2 is 2.03 bits per heavy atom. The third kappa shape index (κ3) is 3.76. The van der Waals surface area contributed by atoms with Crippen LogP contribution in [0.5, 0.6) is 0 Å². The molecule has 3 aromatic rings. The number of rotatable bonds is 5. The highest BCUT2D eigenvalue weighted by Gasteiger charge is 2.36. The van der Waals surface area contributed by atoms with Crippen LogP contribution < -0.4 is 5.32 Å². The van der Waals surface area contributed by atoms with Crippen LogP contribution in [0.4, 0.5) is 0 Å². The number of hydrogen-bond donors (Lipinski definition) is 1. The number of carbonyl (C=O) groups excluding carboxylic acids is 2. The number of pyridine rings is 1. The molecule has 1 aliphatic heterocycles. The maximum atomic E-state index is 13.6. The minimum Gasteiger partial charge on any atom is -0.354 e. The Morgan fingerprint density at radius 1 is 1.17 bits per heavy atom. The minimum absolute atomic E-state index is 0.0351. The second-order valence-electron chi connectivity index (χ2n) is 7.53. The molecule has 2 amide bonds. The normalized spacial score (nSPS) is 18.9. The Labute approximate surface area is 177 Å². The van der Waals surface area contributed by atoms with Gasteiger partial charge in [-0.1, -0.05) is 24.3 Å². The molecule has 1 saturated carbocycles. The highest BCUT2D eigenvalue weighted by molar-refractivity contribution is 7.99. The molecule has 29 heavy (non-hydrogen) atoms. The van der Waals surface area contributed by atoms with E-state index in [1.54, 1.807) is 28.0 Å². The van der Waals surface area contributed by atoms with Crippen molar-refractivity contribution in [2.45, 2.75) is 18.9 Å². The van der Waals surface area contributed by atoms with Gasteiger partial charge in [-0.25, -0.2) is 4.98 Å². The lowest BCUT2D eigenvalue weighted by atomic mass is 10.0. The highest BCUT2D eigenvalue weighted by atomic mass is 32.2. The van der Waals surface area contributed by atoms with Crippen molar-refractivity contribution in [1.82, 2.24) is 15.2 Å². The van der Waals surface area contributed by atoms with E-state index < -0.39 is 6.04 Å². The molecular formula is C22H21N3O2S2. The quantitative estimate of drug-likeness (QED) is 0.674. The topological polar surface area (TPSA) is 62.3 Å². The molecule has 5 rings (SSSR count). The average Bonchev–Trinajstić information content (AvgIpc) is 3.20. The van der Waals surface area contributed by atoms with Gasteiger partial charge < -0.3 is 10.2 Å². The largest absolute Gasteiger partial charge is 0.354 e. The molecule has 5 nitrogen and oxygen atoms in total. The molecule has 3 heterocycles. The third-order valence-corrected chi connectivity index (χ3v) is 7.33. The first-order chi connectivity index (χ1) is 14.2. The summed E-state index contributed by atoms with van der Waals surface area (Å²) in [6, 6.07) is 13.2. The van der Waals surface area contributed by atoms with Crippen molar-refractivity contribution in [3.8, 4) is 10.6 Å². The third-order valence-electron chi connectivity index (χ3n) is 5.43. The van der Waals surface area contributed by atoms with Gasteiger partial charge in [-0.3, -0.25) is 9.59 Å². The summed E-state index contributed by atoms with van der Waals surface area (Å²) < 4.78 is 0. The predicted molar refractivity (Wildman–Crippen MR) is 118 cm³/mol. The van der Waals surface area contributed by atoms with E-state index in [2.05, 4.69) is 5.32 Å². The summed E-state index contributed by atoms with van der Waals surface area (Å²) >= 11 is 3.23. The lowest BCUT2D eigenvalue weighted by Gasteiger charge is -2.24. The number of fused-ring (bicyclic) bond motifs is 1. The van der Waals surface area contributed by atoms with Crippen molar-refractivity contribution in [2.75, 3.05) is 18.2 Å². The fraction of sp³-hybridized carbons (Fsp3) is 0.318. The number of nitrogens with zero attached hydrogens (tertiary/aromatic N) is 2. The molecule has 148 valence electrons. The van der Waals surface area contributed by atoms with Crippen molar-refractivity contribution in [3.63, 3.8) is 0 Å². The Balaban J connectivity index is 1.48.